The summed E-state index contributed by atoms with van der Waals surface area (Å²) in [5.41, 5.74) is 2.93. The molecule has 1 atom stereocenters. The topological polar surface area (TPSA) is 41.1 Å². The van der Waals surface area contributed by atoms with Gasteiger partial charge in [0, 0.05) is 23.8 Å². The van der Waals surface area contributed by atoms with Crippen molar-refractivity contribution in [2.75, 3.05) is 11.9 Å². The molecule has 0 aromatic heterocycles. The highest BCUT2D eigenvalue weighted by atomic mass is 16.1. The van der Waals surface area contributed by atoms with Crippen LogP contribution < -0.4 is 10.6 Å². The van der Waals surface area contributed by atoms with Gasteiger partial charge in [-0.25, -0.2) is 0 Å². The van der Waals surface area contributed by atoms with E-state index in [0.717, 1.165) is 48.5 Å². The molecule has 1 saturated carbocycles. The number of nitrogens with one attached hydrogen (secondary N) is 2. The van der Waals surface area contributed by atoms with E-state index in [9.17, 15) is 4.79 Å². The molecule has 1 aromatic rings. The number of hydrogen-bond donors (Lipinski definition) is 2. The summed E-state index contributed by atoms with van der Waals surface area (Å²) in [6.45, 7) is 7.27. The van der Waals surface area contributed by atoms with Gasteiger partial charge in [0.15, 0.2) is 0 Å². The largest absolute Gasteiger partial charge is 0.385 e. The molecule has 0 saturated heterocycles. The van der Waals surface area contributed by atoms with E-state index < -0.39 is 0 Å². The highest BCUT2D eigenvalue weighted by Gasteiger charge is 2.25. The lowest BCUT2D eigenvalue weighted by molar-refractivity contribution is 0.0932. The third-order valence-corrected chi connectivity index (χ3v) is 4.19. The van der Waals surface area contributed by atoms with Crippen LogP contribution in [0.2, 0.25) is 0 Å². The van der Waals surface area contributed by atoms with Crippen LogP contribution >= 0.6 is 0 Å². The van der Waals surface area contributed by atoms with Crippen LogP contribution in [-0.4, -0.2) is 18.5 Å². The molecule has 1 aromatic carbocycles. The van der Waals surface area contributed by atoms with E-state index in [1.807, 2.05) is 19.1 Å². The van der Waals surface area contributed by atoms with Crippen molar-refractivity contribution in [2.24, 2.45) is 5.92 Å². The van der Waals surface area contributed by atoms with Gasteiger partial charge in [0.05, 0.1) is 0 Å². The SMILES string of the molecule is CCCNc1ccc(C(=O)NC(CC)CC2CC2)c(C)c1. The number of benzene rings is 1. The number of rotatable bonds is 8. The fourth-order valence-electron chi connectivity index (χ4n) is 2.64. The molecule has 0 bridgehead atoms. The van der Waals surface area contributed by atoms with Crippen molar-refractivity contribution in [1.82, 2.24) is 5.32 Å². The van der Waals surface area contributed by atoms with Crippen LogP contribution in [0.25, 0.3) is 0 Å². The van der Waals surface area contributed by atoms with Crippen LogP contribution in [0.3, 0.4) is 0 Å². The average Bonchev–Trinajstić information content (AvgIpc) is 3.28. The second-order valence-corrected chi connectivity index (χ2v) is 6.21. The second kappa shape index (κ2) is 7.48. The van der Waals surface area contributed by atoms with Crippen LogP contribution in [-0.2, 0) is 0 Å². The smallest absolute Gasteiger partial charge is 0.251 e. The quantitative estimate of drug-likeness (QED) is 0.755. The zero-order chi connectivity index (χ0) is 15.2. The zero-order valence-corrected chi connectivity index (χ0v) is 13.5. The second-order valence-electron chi connectivity index (χ2n) is 6.21. The highest BCUT2D eigenvalue weighted by molar-refractivity contribution is 5.96. The van der Waals surface area contributed by atoms with E-state index in [1.165, 1.54) is 12.8 Å². The van der Waals surface area contributed by atoms with Crippen LogP contribution in [0.1, 0.15) is 61.9 Å². The number of carbonyl (C=O) groups excluding carboxylic acids is 1. The van der Waals surface area contributed by atoms with E-state index in [-0.39, 0.29) is 5.91 Å². The Bertz CT molecular complexity index is 480. The molecule has 1 aliphatic rings. The van der Waals surface area contributed by atoms with Gasteiger partial charge in [-0.3, -0.25) is 4.79 Å². The Kier molecular flexibility index (Phi) is 5.66. The summed E-state index contributed by atoms with van der Waals surface area (Å²) >= 11 is 0. The molecule has 1 unspecified atom stereocenters. The van der Waals surface area contributed by atoms with Crippen LogP contribution in [0.4, 0.5) is 5.69 Å². The lowest BCUT2D eigenvalue weighted by Gasteiger charge is -2.18. The normalized spacial score (nSPS) is 15.6. The Labute approximate surface area is 128 Å². The molecule has 0 radical (unpaired) electrons. The van der Waals surface area contributed by atoms with Crippen molar-refractivity contribution >= 4 is 11.6 Å². The molecule has 0 spiro atoms. The molecule has 2 rings (SSSR count). The van der Waals surface area contributed by atoms with Crippen molar-refractivity contribution in [3.8, 4) is 0 Å². The Morgan fingerprint density at radius 3 is 2.67 bits per heavy atom. The lowest BCUT2D eigenvalue weighted by atomic mass is 10.0. The third-order valence-electron chi connectivity index (χ3n) is 4.19. The van der Waals surface area contributed by atoms with Crippen molar-refractivity contribution in [3.05, 3.63) is 29.3 Å². The van der Waals surface area contributed by atoms with Gasteiger partial charge in [0.2, 0.25) is 0 Å². The van der Waals surface area contributed by atoms with Crippen LogP contribution in [0.5, 0.6) is 0 Å². The fraction of sp³-hybridized carbons (Fsp3) is 0.611. The minimum Gasteiger partial charge on any atom is -0.385 e. The van der Waals surface area contributed by atoms with Gasteiger partial charge in [-0.1, -0.05) is 26.7 Å². The van der Waals surface area contributed by atoms with Gasteiger partial charge in [0.25, 0.3) is 5.91 Å². The first-order valence-corrected chi connectivity index (χ1v) is 8.29. The van der Waals surface area contributed by atoms with Crippen LogP contribution in [0.15, 0.2) is 18.2 Å². The molecule has 116 valence electrons. The molecule has 21 heavy (non-hydrogen) atoms. The number of amides is 1. The predicted molar refractivity (Wildman–Crippen MR) is 88.8 cm³/mol. The molecule has 3 nitrogen and oxygen atoms in total. The van der Waals surface area contributed by atoms with E-state index in [2.05, 4.69) is 30.5 Å². The third kappa shape index (κ3) is 4.76. The van der Waals surface area contributed by atoms with Gasteiger partial charge >= 0.3 is 0 Å². The van der Waals surface area contributed by atoms with E-state index in [1.54, 1.807) is 0 Å². The Balaban J connectivity index is 1.97. The fourth-order valence-corrected chi connectivity index (χ4v) is 2.64. The highest BCUT2D eigenvalue weighted by Crippen LogP contribution is 2.34. The Morgan fingerprint density at radius 2 is 2.10 bits per heavy atom. The summed E-state index contributed by atoms with van der Waals surface area (Å²) < 4.78 is 0. The first-order chi connectivity index (χ1) is 10.1. The lowest BCUT2D eigenvalue weighted by Crippen LogP contribution is -2.35. The summed E-state index contributed by atoms with van der Waals surface area (Å²) in [7, 11) is 0. The van der Waals surface area contributed by atoms with Crippen molar-refractivity contribution in [3.63, 3.8) is 0 Å². The van der Waals surface area contributed by atoms with E-state index >= 15 is 0 Å². The Hall–Kier alpha value is -1.51. The van der Waals surface area contributed by atoms with E-state index in [0.29, 0.717) is 6.04 Å². The molecule has 2 N–H and O–H groups in total. The molecular weight excluding hydrogens is 260 g/mol. The standard InChI is InChI=1S/C18H28N2O/c1-4-10-19-16-8-9-17(13(3)11-16)18(21)20-15(5-2)12-14-6-7-14/h8-9,11,14-15,19H,4-7,10,12H2,1-3H3,(H,20,21). The summed E-state index contributed by atoms with van der Waals surface area (Å²) in [6.07, 6.45) is 5.92. The number of hydrogen-bond acceptors (Lipinski definition) is 2. The maximum Gasteiger partial charge on any atom is 0.251 e. The first-order valence-electron chi connectivity index (χ1n) is 8.29. The number of anilines is 1. The van der Waals surface area contributed by atoms with Gasteiger partial charge in [-0.15, -0.1) is 0 Å². The maximum atomic E-state index is 12.4. The van der Waals surface area contributed by atoms with Crippen molar-refractivity contribution in [1.29, 1.82) is 0 Å². The van der Waals surface area contributed by atoms with Crippen LogP contribution in [0, 0.1) is 12.8 Å². The molecular formula is C18H28N2O. The van der Waals surface area contributed by atoms with Gasteiger partial charge in [-0.05, 0) is 55.9 Å². The molecule has 1 aliphatic carbocycles. The molecule has 0 heterocycles. The number of carbonyl (C=O) groups is 1. The van der Waals surface area contributed by atoms with E-state index in [4.69, 9.17) is 0 Å². The predicted octanol–water partition coefficient (Wildman–Crippen LogP) is 4.13. The summed E-state index contributed by atoms with van der Waals surface area (Å²) in [6, 6.07) is 6.32. The minimum atomic E-state index is 0.0713. The zero-order valence-electron chi connectivity index (χ0n) is 13.5. The average molecular weight is 288 g/mol. The van der Waals surface area contributed by atoms with Gasteiger partial charge in [-0.2, -0.15) is 0 Å². The van der Waals surface area contributed by atoms with Crippen molar-refractivity contribution < 1.29 is 4.79 Å². The Morgan fingerprint density at radius 1 is 1.33 bits per heavy atom. The number of aryl methyl sites for hydroxylation is 1. The molecule has 1 fully saturated rings. The minimum absolute atomic E-state index is 0.0713. The first kappa shape index (κ1) is 15.9. The summed E-state index contributed by atoms with van der Waals surface area (Å²) in [5.74, 6) is 0.916. The monoisotopic (exact) mass is 288 g/mol. The maximum absolute atomic E-state index is 12.4. The van der Waals surface area contributed by atoms with Crippen molar-refractivity contribution in [2.45, 2.75) is 58.9 Å². The molecule has 0 aliphatic heterocycles. The summed E-state index contributed by atoms with van der Waals surface area (Å²) in [5, 5.41) is 6.55. The van der Waals surface area contributed by atoms with Gasteiger partial charge in [0.1, 0.15) is 0 Å². The summed E-state index contributed by atoms with van der Waals surface area (Å²) in [4.78, 5) is 12.4. The van der Waals surface area contributed by atoms with Gasteiger partial charge < -0.3 is 10.6 Å². The molecule has 1 amide bonds. The molecule has 3 heteroatoms.